The van der Waals surface area contributed by atoms with Crippen LogP contribution in [0.3, 0.4) is 0 Å². The summed E-state index contributed by atoms with van der Waals surface area (Å²) in [6.45, 7) is 7.85. The number of carboxylic acids is 1. The van der Waals surface area contributed by atoms with Crippen molar-refractivity contribution in [3.8, 4) is 5.75 Å². The van der Waals surface area contributed by atoms with Gasteiger partial charge in [0.15, 0.2) is 11.6 Å². The second-order valence-corrected chi connectivity index (χ2v) is 8.82. The number of hydrogen-bond donors (Lipinski definition) is 1. The van der Waals surface area contributed by atoms with Gasteiger partial charge in [0, 0.05) is 57.7 Å². The first kappa shape index (κ1) is 23.4. The summed E-state index contributed by atoms with van der Waals surface area (Å²) in [7, 11) is 0. The molecule has 1 N–H and O–H groups in total. The van der Waals surface area contributed by atoms with Gasteiger partial charge in [-0.25, -0.2) is 8.78 Å². The van der Waals surface area contributed by atoms with Crippen LogP contribution in [0.4, 0.5) is 8.78 Å². The van der Waals surface area contributed by atoms with Crippen molar-refractivity contribution in [2.75, 3.05) is 45.8 Å². The molecule has 2 aliphatic rings. The van der Waals surface area contributed by atoms with Crippen LogP contribution in [0, 0.1) is 17.6 Å². The van der Waals surface area contributed by atoms with Crippen molar-refractivity contribution < 1.29 is 28.2 Å². The fraction of sp³-hybridized carbons (Fsp3) is 0.636. The van der Waals surface area contributed by atoms with Crippen LogP contribution in [0.5, 0.6) is 5.75 Å². The molecule has 172 valence electrons. The molecule has 1 amide bonds. The summed E-state index contributed by atoms with van der Waals surface area (Å²) >= 11 is 0. The second-order valence-electron chi connectivity index (χ2n) is 8.82. The summed E-state index contributed by atoms with van der Waals surface area (Å²) in [5, 5.41) is 8.95. The van der Waals surface area contributed by atoms with E-state index >= 15 is 0 Å². The lowest BCUT2D eigenvalue weighted by Crippen LogP contribution is -2.51. The zero-order valence-electron chi connectivity index (χ0n) is 18.1. The largest absolute Gasteiger partial charge is 0.485 e. The van der Waals surface area contributed by atoms with Crippen LogP contribution in [-0.2, 0) is 9.59 Å². The molecule has 0 aliphatic carbocycles. The first-order chi connectivity index (χ1) is 14.7. The SMILES string of the molecule is CC(C)CC(=O)N1C[C@@H](Oc2ccc(F)cc2F)CC1CN1CCN(CC(=O)O)CC1. The molecule has 3 rings (SSSR count). The molecule has 31 heavy (non-hydrogen) atoms. The number of benzene rings is 1. The van der Waals surface area contributed by atoms with Crippen molar-refractivity contribution in [3.63, 3.8) is 0 Å². The molecule has 7 nitrogen and oxygen atoms in total. The standard InChI is InChI=1S/C22H31F2N3O4/c1-15(2)9-21(28)27-13-18(31-20-4-3-16(23)10-19(20)24)11-17(27)12-25-5-7-26(8-6-25)14-22(29)30/h3-4,10,15,17-18H,5-9,11-14H2,1-2H3,(H,29,30)/t17?,18-/m0/s1. The van der Waals surface area contributed by atoms with E-state index in [0.717, 1.165) is 25.2 Å². The number of likely N-dealkylation sites (tertiary alicyclic amines) is 1. The second kappa shape index (κ2) is 10.4. The first-order valence-electron chi connectivity index (χ1n) is 10.8. The zero-order valence-corrected chi connectivity index (χ0v) is 18.1. The number of nitrogens with zero attached hydrogens (tertiary/aromatic N) is 3. The van der Waals surface area contributed by atoms with E-state index in [1.165, 1.54) is 6.07 Å². The molecule has 0 radical (unpaired) electrons. The molecule has 0 spiro atoms. The van der Waals surface area contributed by atoms with E-state index in [1.54, 1.807) is 0 Å². The Hall–Kier alpha value is -2.26. The maximum Gasteiger partial charge on any atom is 0.317 e. The van der Waals surface area contributed by atoms with Crippen molar-refractivity contribution in [2.45, 2.75) is 38.8 Å². The van der Waals surface area contributed by atoms with Gasteiger partial charge < -0.3 is 14.7 Å². The molecule has 2 saturated heterocycles. The summed E-state index contributed by atoms with van der Waals surface area (Å²) in [4.78, 5) is 29.7. The Balaban J connectivity index is 1.63. The first-order valence-corrected chi connectivity index (χ1v) is 10.8. The van der Waals surface area contributed by atoms with E-state index in [0.29, 0.717) is 39.0 Å². The molecule has 1 unspecified atom stereocenters. The van der Waals surface area contributed by atoms with Gasteiger partial charge in [0.1, 0.15) is 11.9 Å². The third-order valence-electron chi connectivity index (χ3n) is 5.76. The van der Waals surface area contributed by atoms with Crippen molar-refractivity contribution >= 4 is 11.9 Å². The number of aliphatic carboxylic acids is 1. The Labute approximate surface area is 181 Å². The smallest absolute Gasteiger partial charge is 0.317 e. The van der Waals surface area contributed by atoms with Crippen molar-refractivity contribution in [1.82, 2.24) is 14.7 Å². The molecule has 1 aromatic rings. The number of carboxylic acid groups (broad SMARTS) is 1. The van der Waals surface area contributed by atoms with E-state index in [9.17, 15) is 18.4 Å². The van der Waals surface area contributed by atoms with Gasteiger partial charge in [0.25, 0.3) is 0 Å². The van der Waals surface area contributed by atoms with Gasteiger partial charge >= 0.3 is 5.97 Å². The number of rotatable bonds is 8. The van der Waals surface area contributed by atoms with Crippen LogP contribution in [-0.4, -0.2) is 89.6 Å². The molecule has 0 bridgehead atoms. The Kier molecular flexibility index (Phi) is 7.83. The maximum atomic E-state index is 14.0. The molecule has 0 aromatic heterocycles. The molecule has 9 heteroatoms. The number of carbonyl (C=O) groups excluding carboxylic acids is 1. The number of amides is 1. The molecular formula is C22H31F2N3O4. The predicted molar refractivity (Wildman–Crippen MR) is 111 cm³/mol. The minimum Gasteiger partial charge on any atom is -0.485 e. The van der Waals surface area contributed by atoms with Gasteiger partial charge in [-0.2, -0.15) is 0 Å². The van der Waals surface area contributed by atoms with Crippen LogP contribution in [0.2, 0.25) is 0 Å². The lowest BCUT2D eigenvalue weighted by atomic mass is 10.1. The van der Waals surface area contributed by atoms with Gasteiger partial charge in [-0.3, -0.25) is 19.4 Å². The highest BCUT2D eigenvalue weighted by Gasteiger charge is 2.38. The van der Waals surface area contributed by atoms with E-state index < -0.39 is 17.6 Å². The monoisotopic (exact) mass is 439 g/mol. The minimum absolute atomic E-state index is 0.00871. The summed E-state index contributed by atoms with van der Waals surface area (Å²) in [6, 6.07) is 3.16. The van der Waals surface area contributed by atoms with Crippen LogP contribution >= 0.6 is 0 Å². The number of piperazine rings is 1. The number of ether oxygens (including phenoxy) is 1. The Bertz CT molecular complexity index is 784. The quantitative estimate of drug-likeness (QED) is 0.669. The lowest BCUT2D eigenvalue weighted by molar-refractivity contribution is -0.139. The number of hydrogen-bond acceptors (Lipinski definition) is 5. The van der Waals surface area contributed by atoms with E-state index in [1.807, 2.05) is 23.6 Å². The highest BCUT2D eigenvalue weighted by Crippen LogP contribution is 2.27. The highest BCUT2D eigenvalue weighted by molar-refractivity contribution is 5.77. The molecule has 2 atom stereocenters. The number of halogens is 2. The Morgan fingerprint density at radius 2 is 1.84 bits per heavy atom. The van der Waals surface area contributed by atoms with Crippen molar-refractivity contribution in [3.05, 3.63) is 29.8 Å². The summed E-state index contributed by atoms with van der Waals surface area (Å²) < 4.78 is 33.0. The van der Waals surface area contributed by atoms with Crippen LogP contribution in [0.1, 0.15) is 26.7 Å². The maximum absolute atomic E-state index is 14.0. The molecule has 0 saturated carbocycles. The molecule has 2 heterocycles. The van der Waals surface area contributed by atoms with Gasteiger partial charge in [-0.1, -0.05) is 13.8 Å². The van der Waals surface area contributed by atoms with Crippen LogP contribution in [0.25, 0.3) is 0 Å². The third-order valence-corrected chi connectivity index (χ3v) is 5.76. The lowest BCUT2D eigenvalue weighted by Gasteiger charge is -2.36. The van der Waals surface area contributed by atoms with Crippen molar-refractivity contribution in [1.29, 1.82) is 0 Å². The van der Waals surface area contributed by atoms with E-state index in [4.69, 9.17) is 9.84 Å². The molecule has 2 aliphatic heterocycles. The van der Waals surface area contributed by atoms with Gasteiger partial charge in [0.2, 0.25) is 5.91 Å². The Morgan fingerprint density at radius 1 is 1.16 bits per heavy atom. The van der Waals surface area contributed by atoms with Crippen molar-refractivity contribution in [2.24, 2.45) is 5.92 Å². The average molecular weight is 440 g/mol. The third kappa shape index (κ3) is 6.61. The summed E-state index contributed by atoms with van der Waals surface area (Å²) in [6.07, 6.45) is 0.630. The Morgan fingerprint density at radius 3 is 2.45 bits per heavy atom. The van der Waals surface area contributed by atoms with Gasteiger partial charge in [-0.15, -0.1) is 0 Å². The van der Waals surface area contributed by atoms with E-state index in [-0.39, 0.29) is 36.3 Å². The molecule has 2 fully saturated rings. The van der Waals surface area contributed by atoms with E-state index in [2.05, 4.69) is 4.90 Å². The summed E-state index contributed by atoms with van der Waals surface area (Å²) in [5.74, 6) is -1.98. The van der Waals surface area contributed by atoms with Gasteiger partial charge in [-0.05, 0) is 18.1 Å². The van der Waals surface area contributed by atoms with Gasteiger partial charge in [0.05, 0.1) is 13.1 Å². The highest BCUT2D eigenvalue weighted by atomic mass is 19.1. The minimum atomic E-state index is -0.831. The predicted octanol–water partition coefficient (Wildman–Crippen LogP) is 2.06. The zero-order chi connectivity index (χ0) is 22.5. The molecule has 1 aromatic carbocycles. The number of carbonyl (C=O) groups is 2. The average Bonchev–Trinajstić information content (AvgIpc) is 3.07. The topological polar surface area (TPSA) is 73.3 Å². The van der Waals surface area contributed by atoms with Crippen LogP contribution in [0.15, 0.2) is 18.2 Å². The van der Waals surface area contributed by atoms with Crippen LogP contribution < -0.4 is 4.74 Å². The fourth-order valence-corrected chi connectivity index (χ4v) is 4.27. The summed E-state index contributed by atoms with van der Waals surface area (Å²) in [5.41, 5.74) is 0. The molecular weight excluding hydrogens is 408 g/mol. The normalized spacial score (nSPS) is 22.8. The fourth-order valence-electron chi connectivity index (χ4n) is 4.27.